The number of para-hydroxylation sites is 1. The number of phenols is 1. The number of carbonyl (C=O) groups is 4. The van der Waals surface area contributed by atoms with Crippen LogP contribution in [0.5, 0.6) is 5.75 Å². The lowest BCUT2D eigenvalue weighted by Crippen LogP contribution is -2.57. The molecule has 4 unspecified atom stereocenters. The first kappa shape index (κ1) is 33.5. The quantitative estimate of drug-likeness (QED) is 0.129. The van der Waals surface area contributed by atoms with Crippen molar-refractivity contribution in [3.63, 3.8) is 0 Å². The number of carboxylic acid groups (broad SMARTS) is 1. The van der Waals surface area contributed by atoms with Gasteiger partial charge in [-0.05, 0) is 66.5 Å². The molecule has 43 heavy (non-hydrogen) atoms. The van der Waals surface area contributed by atoms with E-state index in [1.807, 2.05) is 44.4 Å². The van der Waals surface area contributed by atoms with Crippen molar-refractivity contribution in [3.05, 3.63) is 65.9 Å². The number of aromatic nitrogens is 1. The molecule has 0 saturated carbocycles. The van der Waals surface area contributed by atoms with Gasteiger partial charge in [0.05, 0.1) is 6.04 Å². The minimum atomic E-state index is -1.22. The Balaban J connectivity index is 1.70. The van der Waals surface area contributed by atoms with Crippen LogP contribution in [-0.4, -0.2) is 75.1 Å². The van der Waals surface area contributed by atoms with Crippen LogP contribution >= 0.6 is 11.8 Å². The van der Waals surface area contributed by atoms with Gasteiger partial charge in [0.2, 0.25) is 17.7 Å². The smallest absolute Gasteiger partial charge is 0.326 e. The number of hydrogen-bond donors (Lipinski definition) is 7. The van der Waals surface area contributed by atoms with Crippen molar-refractivity contribution in [2.45, 2.75) is 63.7 Å². The first-order chi connectivity index (χ1) is 20.5. The van der Waals surface area contributed by atoms with E-state index >= 15 is 0 Å². The molecule has 0 radical (unpaired) electrons. The molecule has 1 aromatic heterocycles. The predicted molar refractivity (Wildman–Crippen MR) is 168 cm³/mol. The maximum absolute atomic E-state index is 13.4. The van der Waals surface area contributed by atoms with Crippen molar-refractivity contribution in [3.8, 4) is 5.75 Å². The molecule has 12 heteroatoms. The predicted octanol–water partition coefficient (Wildman–Crippen LogP) is 2.32. The molecule has 0 aliphatic carbocycles. The highest BCUT2D eigenvalue weighted by Gasteiger charge is 2.31. The molecule has 3 amide bonds. The zero-order chi connectivity index (χ0) is 31.5. The average Bonchev–Trinajstić information content (AvgIpc) is 3.37. The van der Waals surface area contributed by atoms with Gasteiger partial charge in [0.25, 0.3) is 0 Å². The third-order valence-corrected chi connectivity index (χ3v) is 7.67. The number of aromatic hydroxyl groups is 1. The number of hydrogen-bond acceptors (Lipinski definition) is 7. The number of amides is 3. The SMILES string of the molecule is CSCCC(NC(=O)C(CC(C)C)NC(=O)C(N)Cc1ccc(O)cc1)C(=O)NC(Cc1c[nH]c2ccccc12)C(=O)O. The van der Waals surface area contributed by atoms with Crippen LogP contribution in [0.15, 0.2) is 54.7 Å². The summed E-state index contributed by atoms with van der Waals surface area (Å²) in [6.45, 7) is 3.81. The molecule has 0 bridgehead atoms. The second-order valence-electron chi connectivity index (χ2n) is 11.0. The maximum atomic E-state index is 13.4. The number of benzene rings is 2. The molecule has 1 heterocycles. The van der Waals surface area contributed by atoms with Gasteiger partial charge in [-0.25, -0.2) is 4.79 Å². The normalized spacial score (nSPS) is 14.1. The van der Waals surface area contributed by atoms with Gasteiger partial charge in [-0.2, -0.15) is 11.8 Å². The Kier molecular flexibility index (Phi) is 12.4. The fourth-order valence-corrected chi connectivity index (χ4v) is 5.20. The van der Waals surface area contributed by atoms with Crippen LogP contribution in [0.2, 0.25) is 0 Å². The molecule has 0 aliphatic rings. The van der Waals surface area contributed by atoms with E-state index in [-0.39, 0.29) is 30.9 Å². The standard InChI is InChI=1S/C31H41N5O6S/c1-18(2)14-26(35-28(38)23(32)15-19-8-10-21(37)11-9-19)30(40)34-25(12-13-43-3)29(39)36-27(31(41)42)16-20-17-33-24-7-5-4-6-22(20)24/h4-11,17-18,23,25-27,33,37H,12-16,32H2,1-3H3,(H,34,40)(H,35,38)(H,36,39)(H,41,42). The van der Waals surface area contributed by atoms with Crippen molar-refractivity contribution < 1.29 is 29.4 Å². The average molecular weight is 612 g/mol. The van der Waals surface area contributed by atoms with Gasteiger partial charge in [-0.3, -0.25) is 14.4 Å². The Morgan fingerprint density at radius 2 is 1.51 bits per heavy atom. The summed E-state index contributed by atoms with van der Waals surface area (Å²) in [4.78, 5) is 55.0. The van der Waals surface area contributed by atoms with Gasteiger partial charge in [0.1, 0.15) is 23.9 Å². The number of thioether (sulfide) groups is 1. The number of H-pyrrole nitrogens is 1. The zero-order valence-corrected chi connectivity index (χ0v) is 25.4. The number of phenolic OH excluding ortho intramolecular Hbond substituents is 1. The lowest BCUT2D eigenvalue weighted by Gasteiger charge is -2.26. The molecule has 8 N–H and O–H groups in total. The minimum absolute atomic E-state index is 0.0374. The third kappa shape index (κ3) is 10.0. The summed E-state index contributed by atoms with van der Waals surface area (Å²) >= 11 is 1.49. The van der Waals surface area contributed by atoms with Gasteiger partial charge in [0.15, 0.2) is 0 Å². The van der Waals surface area contributed by atoms with E-state index in [2.05, 4.69) is 20.9 Å². The van der Waals surface area contributed by atoms with Crippen molar-refractivity contribution in [1.82, 2.24) is 20.9 Å². The monoisotopic (exact) mass is 611 g/mol. The highest BCUT2D eigenvalue weighted by atomic mass is 32.2. The van der Waals surface area contributed by atoms with Crippen molar-refractivity contribution >= 4 is 46.4 Å². The minimum Gasteiger partial charge on any atom is -0.508 e. The molecular weight excluding hydrogens is 570 g/mol. The van der Waals surface area contributed by atoms with E-state index in [1.165, 1.54) is 23.9 Å². The molecule has 0 fully saturated rings. The van der Waals surface area contributed by atoms with Crippen LogP contribution in [0.25, 0.3) is 10.9 Å². The van der Waals surface area contributed by atoms with E-state index in [4.69, 9.17) is 5.73 Å². The van der Waals surface area contributed by atoms with Crippen molar-refractivity contribution in [2.75, 3.05) is 12.0 Å². The molecular formula is C31H41N5O6S. The molecule has 232 valence electrons. The van der Waals surface area contributed by atoms with Crippen molar-refractivity contribution in [1.29, 1.82) is 0 Å². The van der Waals surface area contributed by atoms with Crippen LogP contribution in [0.4, 0.5) is 0 Å². The summed E-state index contributed by atoms with van der Waals surface area (Å²) in [5, 5.41) is 28.3. The summed E-state index contributed by atoms with van der Waals surface area (Å²) in [5.74, 6) is -2.21. The van der Waals surface area contributed by atoms with E-state index in [0.29, 0.717) is 12.2 Å². The summed E-state index contributed by atoms with van der Waals surface area (Å²) in [7, 11) is 0. The Hall–Kier alpha value is -4.03. The van der Waals surface area contributed by atoms with Crippen LogP contribution < -0.4 is 21.7 Å². The lowest BCUT2D eigenvalue weighted by atomic mass is 10.0. The number of carboxylic acids is 1. The second-order valence-corrected chi connectivity index (χ2v) is 12.0. The van der Waals surface area contributed by atoms with Crippen LogP contribution in [-0.2, 0) is 32.0 Å². The summed E-state index contributed by atoms with van der Waals surface area (Å²) in [6, 6.07) is 9.70. The fraction of sp³-hybridized carbons (Fsp3) is 0.419. The van der Waals surface area contributed by atoms with E-state index in [1.54, 1.807) is 18.3 Å². The number of aromatic amines is 1. The summed E-state index contributed by atoms with van der Waals surface area (Å²) in [6.07, 6.45) is 4.42. The van der Waals surface area contributed by atoms with E-state index < -0.39 is 47.9 Å². The number of carbonyl (C=O) groups excluding carboxylic acids is 3. The molecule has 4 atom stereocenters. The first-order valence-corrected chi connectivity index (χ1v) is 15.6. The highest BCUT2D eigenvalue weighted by molar-refractivity contribution is 7.98. The van der Waals surface area contributed by atoms with Crippen LogP contribution in [0.3, 0.4) is 0 Å². The number of nitrogens with one attached hydrogen (secondary N) is 4. The molecule has 0 saturated heterocycles. The second kappa shape index (κ2) is 16.0. The number of fused-ring (bicyclic) bond motifs is 1. The number of nitrogens with two attached hydrogens (primary N) is 1. The lowest BCUT2D eigenvalue weighted by molar-refractivity contribution is -0.142. The Bertz CT molecular complexity index is 1390. The number of aliphatic carboxylic acids is 1. The van der Waals surface area contributed by atoms with Crippen LogP contribution in [0.1, 0.15) is 37.8 Å². The zero-order valence-electron chi connectivity index (χ0n) is 24.6. The highest BCUT2D eigenvalue weighted by Crippen LogP contribution is 2.19. The molecule has 3 aromatic rings. The Morgan fingerprint density at radius 1 is 0.884 bits per heavy atom. The third-order valence-electron chi connectivity index (χ3n) is 7.03. The van der Waals surface area contributed by atoms with Crippen molar-refractivity contribution in [2.24, 2.45) is 11.7 Å². The molecule has 0 aliphatic heterocycles. The first-order valence-electron chi connectivity index (χ1n) is 14.2. The van der Waals surface area contributed by atoms with Gasteiger partial charge in [-0.1, -0.05) is 44.2 Å². The van der Waals surface area contributed by atoms with Gasteiger partial charge in [0, 0.05) is 23.5 Å². The van der Waals surface area contributed by atoms with Gasteiger partial charge < -0.3 is 36.9 Å². The fourth-order valence-electron chi connectivity index (χ4n) is 4.73. The molecule has 11 nitrogen and oxygen atoms in total. The maximum Gasteiger partial charge on any atom is 0.326 e. The number of rotatable bonds is 16. The van der Waals surface area contributed by atoms with E-state index in [0.717, 1.165) is 22.0 Å². The summed E-state index contributed by atoms with van der Waals surface area (Å²) in [5.41, 5.74) is 8.48. The Morgan fingerprint density at radius 3 is 2.16 bits per heavy atom. The topological polar surface area (TPSA) is 187 Å². The molecule has 0 spiro atoms. The molecule has 2 aromatic carbocycles. The molecule has 3 rings (SSSR count). The van der Waals surface area contributed by atoms with E-state index in [9.17, 15) is 29.4 Å². The summed E-state index contributed by atoms with van der Waals surface area (Å²) < 4.78 is 0. The van der Waals surface area contributed by atoms with Gasteiger partial charge >= 0.3 is 5.97 Å². The largest absolute Gasteiger partial charge is 0.508 e. The van der Waals surface area contributed by atoms with Gasteiger partial charge in [-0.15, -0.1) is 0 Å². The van der Waals surface area contributed by atoms with Crippen LogP contribution in [0, 0.1) is 5.92 Å². The Labute approximate surface area is 255 Å².